The molecule has 0 aromatic heterocycles. The van der Waals surface area contributed by atoms with E-state index in [2.05, 4.69) is 5.32 Å². The summed E-state index contributed by atoms with van der Waals surface area (Å²) in [5, 5.41) is 3.01. The van der Waals surface area contributed by atoms with Crippen molar-refractivity contribution in [1.29, 1.82) is 0 Å². The first-order chi connectivity index (χ1) is 17.5. The first-order valence-electron chi connectivity index (χ1n) is 12.0. The zero-order valence-electron chi connectivity index (χ0n) is 20.0. The minimum absolute atomic E-state index is 0.157. The molecule has 36 heavy (non-hydrogen) atoms. The lowest BCUT2D eigenvalue weighted by molar-refractivity contribution is -0.145. The fraction of sp³-hybridized carbons (Fsp3) is 0.161. The van der Waals surface area contributed by atoms with Gasteiger partial charge < -0.3 is 10.1 Å². The van der Waals surface area contributed by atoms with Crippen LogP contribution in [0.2, 0.25) is 0 Å². The van der Waals surface area contributed by atoms with Crippen molar-refractivity contribution in [3.63, 3.8) is 0 Å². The fourth-order valence-electron chi connectivity index (χ4n) is 4.48. The third kappa shape index (κ3) is 5.11. The van der Waals surface area contributed by atoms with E-state index >= 15 is 4.39 Å². The van der Waals surface area contributed by atoms with Crippen LogP contribution in [0.5, 0.6) is 0 Å². The van der Waals surface area contributed by atoms with Gasteiger partial charge in [-0.2, -0.15) is 0 Å². The molecule has 0 bridgehead atoms. The average Bonchev–Trinajstić information content (AvgIpc) is 2.91. The highest BCUT2D eigenvalue weighted by Gasteiger charge is 2.40. The summed E-state index contributed by atoms with van der Waals surface area (Å²) in [6.45, 7) is 1.94. The normalized spacial score (nSPS) is 19.4. The monoisotopic (exact) mass is 478 g/mol. The molecular weight excluding hydrogens is 451 g/mol. The Labute approximate surface area is 210 Å². The molecule has 180 valence electrons. The highest BCUT2D eigenvalue weighted by Crippen LogP contribution is 2.32. The van der Waals surface area contributed by atoms with Crippen molar-refractivity contribution in [3.05, 3.63) is 137 Å². The molecular formula is C31H27FN2O2. The van der Waals surface area contributed by atoms with Crippen molar-refractivity contribution in [3.8, 4) is 0 Å². The number of nitrogens with zero attached hydrogens (tertiary/aromatic N) is 1. The highest BCUT2D eigenvalue weighted by atomic mass is 19.1. The van der Waals surface area contributed by atoms with Gasteiger partial charge in [0.15, 0.2) is 0 Å². The molecule has 0 aliphatic carbocycles. The van der Waals surface area contributed by atoms with Crippen molar-refractivity contribution in [2.24, 2.45) is 4.99 Å². The third-order valence-corrected chi connectivity index (χ3v) is 6.41. The Morgan fingerprint density at radius 1 is 0.917 bits per heavy atom. The molecule has 1 amide bonds. The molecule has 5 heteroatoms. The average molecular weight is 479 g/mol. The van der Waals surface area contributed by atoms with Gasteiger partial charge in [0.25, 0.3) is 0 Å². The van der Waals surface area contributed by atoms with Crippen LogP contribution in [0.1, 0.15) is 29.2 Å². The van der Waals surface area contributed by atoms with Crippen LogP contribution in [-0.2, 0) is 21.5 Å². The predicted molar refractivity (Wildman–Crippen MR) is 140 cm³/mol. The molecule has 0 unspecified atom stereocenters. The molecule has 2 atom stereocenters. The van der Waals surface area contributed by atoms with Gasteiger partial charge in [0.2, 0.25) is 5.91 Å². The standard InChI is InChI=1S/C31H27FN2O2/c1-31(21-36-28(30(35)34-31)19-22-11-5-2-6-12-22)26-20-25(17-18-27(26)32)33-29(23-13-7-3-8-14-23)24-15-9-4-10-16-24/h2-18,20,28H,19,21H2,1H3,(H,34,35)/t28-,31+/m1/s1. The molecule has 5 rings (SSSR count). The van der Waals surface area contributed by atoms with Gasteiger partial charge in [0.1, 0.15) is 11.9 Å². The zero-order valence-corrected chi connectivity index (χ0v) is 20.0. The molecule has 1 saturated heterocycles. The van der Waals surface area contributed by atoms with Gasteiger partial charge in [-0.3, -0.25) is 4.79 Å². The maximum Gasteiger partial charge on any atom is 0.250 e. The molecule has 1 aliphatic rings. The second kappa shape index (κ2) is 10.3. The van der Waals surface area contributed by atoms with Gasteiger partial charge in [-0.05, 0) is 30.7 Å². The molecule has 0 spiro atoms. The van der Waals surface area contributed by atoms with E-state index in [1.807, 2.05) is 91.0 Å². The van der Waals surface area contributed by atoms with E-state index < -0.39 is 17.5 Å². The van der Waals surface area contributed by atoms with Gasteiger partial charge in [-0.15, -0.1) is 0 Å². The summed E-state index contributed by atoms with van der Waals surface area (Å²) >= 11 is 0. The molecule has 1 aliphatic heterocycles. The van der Waals surface area contributed by atoms with Crippen LogP contribution in [0.3, 0.4) is 0 Å². The second-order valence-corrected chi connectivity index (χ2v) is 9.17. The number of halogens is 1. The van der Waals surface area contributed by atoms with Crippen LogP contribution in [0.15, 0.2) is 114 Å². The Hall–Kier alpha value is -4.09. The minimum atomic E-state index is -1.01. The van der Waals surface area contributed by atoms with Gasteiger partial charge >= 0.3 is 0 Å². The van der Waals surface area contributed by atoms with Crippen LogP contribution < -0.4 is 5.32 Å². The molecule has 4 aromatic carbocycles. The summed E-state index contributed by atoms with van der Waals surface area (Å²) in [4.78, 5) is 17.9. The SMILES string of the molecule is C[C@@]1(c2cc(N=C(c3ccccc3)c3ccccc3)ccc2F)CO[C@H](Cc2ccccc2)C(=O)N1. The maximum absolute atomic E-state index is 15.1. The van der Waals surface area contributed by atoms with Gasteiger partial charge in [0, 0.05) is 23.1 Å². The van der Waals surface area contributed by atoms with E-state index in [0.29, 0.717) is 17.7 Å². The number of aliphatic imine (C=N–C) groups is 1. The zero-order chi connectivity index (χ0) is 25.0. The molecule has 1 heterocycles. The predicted octanol–water partition coefficient (Wildman–Crippen LogP) is 5.97. The van der Waals surface area contributed by atoms with Crippen LogP contribution in [0.4, 0.5) is 10.1 Å². The first-order valence-corrected chi connectivity index (χ1v) is 12.0. The van der Waals surface area contributed by atoms with Gasteiger partial charge in [-0.25, -0.2) is 9.38 Å². The van der Waals surface area contributed by atoms with E-state index in [1.165, 1.54) is 6.07 Å². The molecule has 0 saturated carbocycles. The van der Waals surface area contributed by atoms with E-state index in [1.54, 1.807) is 19.1 Å². The van der Waals surface area contributed by atoms with E-state index in [4.69, 9.17) is 9.73 Å². The molecule has 1 fully saturated rings. The number of morpholine rings is 1. The van der Waals surface area contributed by atoms with Gasteiger partial charge in [0.05, 0.1) is 23.5 Å². The summed E-state index contributed by atoms with van der Waals surface area (Å²) in [5.74, 6) is -0.669. The Morgan fingerprint density at radius 2 is 1.50 bits per heavy atom. The van der Waals surface area contributed by atoms with E-state index in [-0.39, 0.29) is 12.5 Å². The third-order valence-electron chi connectivity index (χ3n) is 6.41. The van der Waals surface area contributed by atoms with Crippen molar-refractivity contribution < 1.29 is 13.9 Å². The number of amides is 1. The van der Waals surface area contributed by atoms with Crippen LogP contribution >= 0.6 is 0 Å². The highest BCUT2D eigenvalue weighted by molar-refractivity contribution is 6.13. The van der Waals surface area contributed by atoms with Crippen molar-refractivity contribution >= 4 is 17.3 Å². The second-order valence-electron chi connectivity index (χ2n) is 9.17. The summed E-state index contributed by atoms with van der Waals surface area (Å²) in [6, 6.07) is 34.2. The number of carbonyl (C=O) groups is 1. The number of nitrogens with one attached hydrogen (secondary N) is 1. The molecule has 1 N–H and O–H groups in total. The van der Waals surface area contributed by atoms with E-state index in [9.17, 15) is 4.79 Å². The summed E-state index contributed by atoms with van der Waals surface area (Å²) < 4.78 is 21.1. The Balaban J connectivity index is 1.45. The van der Waals surface area contributed by atoms with Crippen LogP contribution in [-0.4, -0.2) is 24.3 Å². The molecule has 4 aromatic rings. The smallest absolute Gasteiger partial charge is 0.250 e. The molecule has 4 nitrogen and oxygen atoms in total. The van der Waals surface area contributed by atoms with Gasteiger partial charge in [-0.1, -0.05) is 91.0 Å². The van der Waals surface area contributed by atoms with Crippen LogP contribution in [0, 0.1) is 5.82 Å². The van der Waals surface area contributed by atoms with Crippen molar-refractivity contribution in [2.75, 3.05) is 6.61 Å². The Kier molecular flexibility index (Phi) is 6.74. The summed E-state index contributed by atoms with van der Waals surface area (Å²) in [7, 11) is 0. The lowest BCUT2D eigenvalue weighted by atomic mass is 9.89. The number of ether oxygens (including phenoxy) is 1. The minimum Gasteiger partial charge on any atom is -0.365 e. The largest absolute Gasteiger partial charge is 0.365 e. The topological polar surface area (TPSA) is 50.7 Å². The summed E-state index contributed by atoms with van der Waals surface area (Å²) in [6.07, 6.45) is -0.153. The number of hydrogen-bond acceptors (Lipinski definition) is 3. The lowest BCUT2D eigenvalue weighted by Gasteiger charge is -2.38. The quantitative estimate of drug-likeness (QED) is 0.347. The first kappa shape index (κ1) is 23.6. The summed E-state index contributed by atoms with van der Waals surface area (Å²) in [5.41, 5.74) is 3.63. The number of carbonyl (C=O) groups excluding carboxylic acids is 1. The maximum atomic E-state index is 15.1. The Morgan fingerprint density at radius 3 is 2.08 bits per heavy atom. The van der Waals surface area contributed by atoms with E-state index in [0.717, 1.165) is 22.4 Å². The van der Waals surface area contributed by atoms with Crippen LogP contribution in [0.25, 0.3) is 0 Å². The number of hydrogen-bond donors (Lipinski definition) is 1. The van der Waals surface area contributed by atoms with Crippen molar-refractivity contribution in [2.45, 2.75) is 25.0 Å². The number of benzene rings is 4. The fourth-order valence-corrected chi connectivity index (χ4v) is 4.48. The molecule has 0 radical (unpaired) electrons. The lowest BCUT2D eigenvalue weighted by Crippen LogP contribution is -2.57. The number of rotatable bonds is 6. The Bertz CT molecular complexity index is 1330. The van der Waals surface area contributed by atoms with Crippen molar-refractivity contribution in [1.82, 2.24) is 5.32 Å².